The van der Waals surface area contributed by atoms with Crippen molar-refractivity contribution in [2.45, 2.75) is 53.1 Å². The average molecular weight is 401 g/mol. The molecular formula is C22H28N2O3S. The highest BCUT2D eigenvalue weighted by Crippen LogP contribution is 2.38. The van der Waals surface area contributed by atoms with Crippen LogP contribution in [0.15, 0.2) is 24.3 Å². The molecule has 28 heavy (non-hydrogen) atoms. The first-order valence-electron chi connectivity index (χ1n) is 9.80. The first-order chi connectivity index (χ1) is 13.4. The third-order valence-electron chi connectivity index (χ3n) is 5.00. The van der Waals surface area contributed by atoms with E-state index >= 15 is 0 Å². The molecule has 0 saturated heterocycles. The third-order valence-corrected chi connectivity index (χ3v) is 6.13. The number of ether oxygens (including phenoxy) is 1. The normalized spacial score (nSPS) is 14.0. The topological polar surface area (TPSA) is 58.6 Å². The molecule has 1 aliphatic heterocycles. The Morgan fingerprint density at radius 2 is 2.11 bits per heavy atom. The van der Waals surface area contributed by atoms with Gasteiger partial charge >= 0.3 is 5.97 Å². The van der Waals surface area contributed by atoms with Crippen LogP contribution in [-0.4, -0.2) is 36.0 Å². The monoisotopic (exact) mass is 400 g/mol. The Bertz CT molecular complexity index is 873. The minimum Gasteiger partial charge on any atom is -0.462 e. The lowest BCUT2D eigenvalue weighted by Gasteiger charge is -2.30. The number of esters is 1. The molecule has 3 rings (SSSR count). The highest BCUT2D eigenvalue weighted by molar-refractivity contribution is 7.17. The molecule has 1 N–H and O–H groups in total. The molecule has 0 bridgehead atoms. The van der Waals surface area contributed by atoms with Crippen molar-refractivity contribution < 1.29 is 14.3 Å². The van der Waals surface area contributed by atoms with Crippen molar-refractivity contribution in [3.63, 3.8) is 0 Å². The predicted molar refractivity (Wildman–Crippen MR) is 113 cm³/mol. The number of fused-ring (bicyclic) bond motifs is 1. The minimum absolute atomic E-state index is 0.115. The molecule has 1 aliphatic rings. The Balaban J connectivity index is 1.85. The molecule has 1 amide bonds. The number of hydrogen-bond acceptors (Lipinski definition) is 5. The number of thiophene rings is 1. The molecule has 2 heterocycles. The van der Waals surface area contributed by atoms with Gasteiger partial charge in [0.2, 0.25) is 5.91 Å². The van der Waals surface area contributed by atoms with Crippen LogP contribution in [0.4, 0.5) is 5.00 Å². The van der Waals surface area contributed by atoms with E-state index in [4.69, 9.17) is 4.74 Å². The van der Waals surface area contributed by atoms with Crippen LogP contribution in [0.3, 0.4) is 0 Å². The van der Waals surface area contributed by atoms with Crippen LogP contribution < -0.4 is 5.32 Å². The summed E-state index contributed by atoms with van der Waals surface area (Å²) in [6, 6.07) is 8.35. The number of hydrogen-bond donors (Lipinski definition) is 1. The number of benzene rings is 1. The minimum atomic E-state index is -0.344. The largest absolute Gasteiger partial charge is 0.462 e. The Kier molecular flexibility index (Phi) is 6.52. The molecule has 1 aromatic heterocycles. The Labute approximate surface area is 170 Å². The molecule has 0 spiro atoms. The SMILES string of the molecule is CCOC(=O)c1c(NC(=O)Cc2cccc(C)c2)sc2c1CCN(C(C)C)C2. The summed E-state index contributed by atoms with van der Waals surface area (Å²) in [5, 5.41) is 3.60. The summed E-state index contributed by atoms with van der Waals surface area (Å²) in [6.45, 7) is 10.2. The van der Waals surface area contributed by atoms with E-state index in [9.17, 15) is 9.59 Å². The average Bonchev–Trinajstić information content (AvgIpc) is 2.98. The van der Waals surface area contributed by atoms with Crippen molar-refractivity contribution in [1.82, 2.24) is 4.90 Å². The fourth-order valence-electron chi connectivity index (χ4n) is 3.55. The standard InChI is InChI=1S/C22H28N2O3S/c1-5-27-22(26)20-17-9-10-24(14(2)3)13-18(17)28-21(20)23-19(25)12-16-8-6-7-15(4)11-16/h6-8,11,14H,5,9-10,12-13H2,1-4H3,(H,23,25). The van der Waals surface area contributed by atoms with Crippen molar-refractivity contribution in [2.24, 2.45) is 0 Å². The highest BCUT2D eigenvalue weighted by atomic mass is 32.1. The van der Waals surface area contributed by atoms with Gasteiger partial charge in [0.25, 0.3) is 0 Å². The second-order valence-electron chi connectivity index (χ2n) is 7.46. The molecule has 150 valence electrons. The van der Waals surface area contributed by atoms with Gasteiger partial charge in [0.15, 0.2) is 0 Å². The summed E-state index contributed by atoms with van der Waals surface area (Å²) in [4.78, 5) is 28.8. The van der Waals surface area contributed by atoms with E-state index in [1.807, 2.05) is 31.2 Å². The Morgan fingerprint density at radius 3 is 2.79 bits per heavy atom. The number of carbonyl (C=O) groups excluding carboxylic acids is 2. The van der Waals surface area contributed by atoms with Crippen LogP contribution in [0.2, 0.25) is 0 Å². The molecule has 0 saturated carbocycles. The fourth-order valence-corrected chi connectivity index (χ4v) is 4.83. The zero-order valence-electron chi connectivity index (χ0n) is 17.0. The van der Waals surface area contributed by atoms with Crippen LogP contribution in [0, 0.1) is 6.92 Å². The third kappa shape index (κ3) is 4.62. The van der Waals surface area contributed by atoms with Gasteiger partial charge in [0, 0.05) is 24.0 Å². The lowest BCUT2D eigenvalue weighted by Crippen LogP contribution is -2.35. The van der Waals surface area contributed by atoms with Crippen LogP contribution in [0.1, 0.15) is 52.7 Å². The van der Waals surface area contributed by atoms with Gasteiger partial charge in [-0.05, 0) is 45.2 Å². The van der Waals surface area contributed by atoms with E-state index in [-0.39, 0.29) is 18.3 Å². The first kappa shape index (κ1) is 20.6. The second kappa shape index (κ2) is 8.88. The molecule has 0 fully saturated rings. The molecule has 0 radical (unpaired) electrons. The van der Waals surface area contributed by atoms with Gasteiger partial charge in [0.05, 0.1) is 18.6 Å². The van der Waals surface area contributed by atoms with Crippen molar-refractivity contribution in [3.8, 4) is 0 Å². The summed E-state index contributed by atoms with van der Waals surface area (Å²) >= 11 is 1.50. The van der Waals surface area contributed by atoms with Crippen LogP contribution >= 0.6 is 11.3 Å². The zero-order chi connectivity index (χ0) is 20.3. The summed E-state index contributed by atoms with van der Waals surface area (Å²) < 4.78 is 5.29. The maximum absolute atomic E-state index is 12.6. The molecule has 0 aliphatic carbocycles. The van der Waals surface area contributed by atoms with Gasteiger partial charge in [-0.2, -0.15) is 0 Å². The number of anilines is 1. The number of nitrogens with one attached hydrogen (secondary N) is 1. The fraction of sp³-hybridized carbons (Fsp3) is 0.455. The molecule has 2 aromatic rings. The Hall–Kier alpha value is -2.18. The lowest BCUT2D eigenvalue weighted by atomic mass is 10.0. The van der Waals surface area contributed by atoms with E-state index < -0.39 is 0 Å². The summed E-state index contributed by atoms with van der Waals surface area (Å²) in [7, 11) is 0. The highest BCUT2D eigenvalue weighted by Gasteiger charge is 2.30. The second-order valence-corrected chi connectivity index (χ2v) is 8.56. The van der Waals surface area contributed by atoms with Gasteiger partial charge in [-0.25, -0.2) is 4.79 Å². The van der Waals surface area contributed by atoms with Gasteiger partial charge in [-0.15, -0.1) is 11.3 Å². The van der Waals surface area contributed by atoms with Crippen LogP contribution in [0.5, 0.6) is 0 Å². The molecule has 0 unspecified atom stereocenters. The van der Waals surface area contributed by atoms with E-state index in [1.54, 1.807) is 6.92 Å². The van der Waals surface area contributed by atoms with E-state index in [1.165, 1.54) is 11.3 Å². The summed E-state index contributed by atoms with van der Waals surface area (Å²) in [5.41, 5.74) is 3.66. The summed E-state index contributed by atoms with van der Waals surface area (Å²) in [6.07, 6.45) is 1.08. The van der Waals surface area contributed by atoms with Gasteiger partial charge < -0.3 is 10.1 Å². The smallest absolute Gasteiger partial charge is 0.341 e. The summed E-state index contributed by atoms with van der Waals surface area (Å²) in [5.74, 6) is -0.459. The zero-order valence-corrected chi connectivity index (χ0v) is 17.8. The molecule has 5 nitrogen and oxygen atoms in total. The van der Waals surface area contributed by atoms with E-state index in [0.717, 1.165) is 41.1 Å². The molecule has 6 heteroatoms. The van der Waals surface area contributed by atoms with E-state index in [0.29, 0.717) is 23.2 Å². The van der Waals surface area contributed by atoms with Gasteiger partial charge in [0.1, 0.15) is 5.00 Å². The van der Waals surface area contributed by atoms with Crippen LogP contribution in [-0.2, 0) is 28.9 Å². The number of aryl methyl sites for hydroxylation is 1. The maximum Gasteiger partial charge on any atom is 0.341 e. The maximum atomic E-state index is 12.6. The number of carbonyl (C=O) groups is 2. The van der Waals surface area contributed by atoms with E-state index in [2.05, 4.69) is 24.1 Å². The predicted octanol–water partition coefficient (Wildman–Crippen LogP) is 4.18. The number of nitrogens with zero attached hydrogens (tertiary/aromatic N) is 1. The quantitative estimate of drug-likeness (QED) is 0.739. The van der Waals surface area contributed by atoms with Crippen molar-refractivity contribution in [3.05, 3.63) is 51.4 Å². The van der Waals surface area contributed by atoms with Crippen LogP contribution in [0.25, 0.3) is 0 Å². The number of rotatable bonds is 6. The van der Waals surface area contributed by atoms with Crippen molar-refractivity contribution in [1.29, 1.82) is 0 Å². The van der Waals surface area contributed by atoms with Gasteiger partial charge in [-0.1, -0.05) is 29.8 Å². The molecule has 0 atom stereocenters. The molecule has 1 aromatic carbocycles. The van der Waals surface area contributed by atoms with Crippen molar-refractivity contribution in [2.75, 3.05) is 18.5 Å². The molecular weight excluding hydrogens is 372 g/mol. The first-order valence-corrected chi connectivity index (χ1v) is 10.6. The Morgan fingerprint density at radius 1 is 1.32 bits per heavy atom. The van der Waals surface area contributed by atoms with Gasteiger partial charge in [-0.3, -0.25) is 9.69 Å². The lowest BCUT2D eigenvalue weighted by molar-refractivity contribution is -0.115. The number of amides is 1. The van der Waals surface area contributed by atoms with Crippen molar-refractivity contribution >= 4 is 28.2 Å².